The molecule has 0 aliphatic carbocycles. The number of benzene rings is 1. The second-order valence-electron chi connectivity index (χ2n) is 6.37. The number of carbonyl (C=O) groups excluding carboxylic acids is 1. The highest BCUT2D eigenvalue weighted by atomic mass is 16.6. The Morgan fingerprint density at radius 3 is 2.21 bits per heavy atom. The van der Waals surface area contributed by atoms with Crippen LogP contribution in [0.5, 0.6) is 5.75 Å². The van der Waals surface area contributed by atoms with Crippen LogP contribution in [0.15, 0.2) is 24.3 Å². The van der Waals surface area contributed by atoms with Crippen molar-refractivity contribution in [3.05, 3.63) is 29.8 Å². The Hall–Kier alpha value is -1.51. The number of rotatable bonds is 4. The van der Waals surface area contributed by atoms with E-state index in [2.05, 4.69) is 0 Å². The van der Waals surface area contributed by atoms with E-state index in [1.54, 1.807) is 7.11 Å². The zero-order valence-electron chi connectivity index (χ0n) is 12.7. The van der Waals surface area contributed by atoms with E-state index in [-0.39, 0.29) is 5.97 Å². The van der Waals surface area contributed by atoms with Crippen molar-refractivity contribution in [2.45, 2.75) is 46.6 Å². The van der Waals surface area contributed by atoms with Gasteiger partial charge in [0.25, 0.3) is 0 Å². The van der Waals surface area contributed by atoms with E-state index in [0.717, 1.165) is 11.3 Å². The molecule has 0 spiro atoms. The van der Waals surface area contributed by atoms with Gasteiger partial charge < -0.3 is 9.47 Å². The molecule has 0 radical (unpaired) electrons. The van der Waals surface area contributed by atoms with Crippen molar-refractivity contribution >= 4 is 5.97 Å². The van der Waals surface area contributed by atoms with Crippen LogP contribution < -0.4 is 4.74 Å². The van der Waals surface area contributed by atoms with E-state index in [1.165, 1.54) is 0 Å². The van der Waals surface area contributed by atoms with E-state index >= 15 is 0 Å². The maximum Gasteiger partial charge on any atom is 0.312 e. The molecule has 1 aromatic carbocycles. The minimum absolute atomic E-state index is 0.189. The van der Waals surface area contributed by atoms with E-state index in [4.69, 9.17) is 9.47 Å². The highest BCUT2D eigenvalue weighted by molar-refractivity contribution is 5.76. The molecule has 3 nitrogen and oxygen atoms in total. The molecule has 0 heterocycles. The van der Waals surface area contributed by atoms with Crippen LogP contribution in [0, 0.1) is 5.41 Å². The number of hydrogen-bond donors (Lipinski definition) is 0. The fraction of sp³-hybridized carbons (Fsp3) is 0.562. The number of ether oxygens (including phenoxy) is 2. The van der Waals surface area contributed by atoms with Gasteiger partial charge in [0.1, 0.15) is 11.4 Å². The first kappa shape index (κ1) is 15.5. The van der Waals surface area contributed by atoms with Gasteiger partial charge in [-0.25, -0.2) is 0 Å². The van der Waals surface area contributed by atoms with Gasteiger partial charge in [0, 0.05) is 0 Å². The van der Waals surface area contributed by atoms with Crippen LogP contribution in [-0.4, -0.2) is 18.7 Å². The van der Waals surface area contributed by atoms with Crippen LogP contribution in [-0.2, 0) is 16.0 Å². The molecular formula is C16H24O3. The third-order valence-corrected chi connectivity index (χ3v) is 2.78. The number of hydrogen-bond acceptors (Lipinski definition) is 3. The molecule has 0 amide bonds. The molecule has 106 valence electrons. The summed E-state index contributed by atoms with van der Waals surface area (Å²) in [4.78, 5) is 12.2. The molecule has 0 saturated heterocycles. The van der Waals surface area contributed by atoms with Crippen LogP contribution in [0.25, 0.3) is 0 Å². The minimum atomic E-state index is -0.581. The third kappa shape index (κ3) is 4.58. The molecule has 0 N–H and O–H groups in total. The second kappa shape index (κ2) is 5.64. The maximum atomic E-state index is 12.2. The molecule has 1 rings (SSSR count). The number of carbonyl (C=O) groups is 1. The molecule has 1 aromatic rings. The van der Waals surface area contributed by atoms with Crippen molar-refractivity contribution in [1.82, 2.24) is 0 Å². The molecule has 3 heteroatoms. The van der Waals surface area contributed by atoms with Gasteiger partial charge in [-0.15, -0.1) is 0 Å². The first-order valence-corrected chi connectivity index (χ1v) is 6.51. The standard InChI is InChI=1S/C16H24O3/c1-15(2,3)19-14(17)16(4,5)11-12-9-7-8-10-13(12)18-6/h7-10H,11H2,1-6H3. The van der Waals surface area contributed by atoms with Gasteiger partial charge in [0.2, 0.25) is 0 Å². The fourth-order valence-corrected chi connectivity index (χ4v) is 1.81. The van der Waals surface area contributed by atoms with Gasteiger partial charge in [-0.05, 0) is 52.7 Å². The largest absolute Gasteiger partial charge is 0.496 e. The van der Waals surface area contributed by atoms with Gasteiger partial charge in [0.05, 0.1) is 12.5 Å². The monoisotopic (exact) mass is 264 g/mol. The van der Waals surface area contributed by atoms with Crippen LogP contribution >= 0.6 is 0 Å². The first-order valence-electron chi connectivity index (χ1n) is 6.51. The highest BCUT2D eigenvalue weighted by Crippen LogP contribution is 2.30. The van der Waals surface area contributed by atoms with Crippen molar-refractivity contribution in [3.8, 4) is 5.75 Å². The van der Waals surface area contributed by atoms with E-state index in [0.29, 0.717) is 6.42 Å². The molecule has 0 atom stereocenters. The predicted molar refractivity (Wildman–Crippen MR) is 76.3 cm³/mol. The Kier molecular flexibility index (Phi) is 4.61. The summed E-state index contributed by atoms with van der Waals surface area (Å²) < 4.78 is 10.8. The SMILES string of the molecule is COc1ccccc1CC(C)(C)C(=O)OC(C)(C)C. The molecule has 0 aliphatic rings. The van der Waals surface area contributed by atoms with Crippen LogP contribution in [0.3, 0.4) is 0 Å². The Balaban J connectivity index is 2.87. The summed E-state index contributed by atoms with van der Waals surface area (Å²) in [5.74, 6) is 0.616. The summed E-state index contributed by atoms with van der Waals surface area (Å²) in [6.45, 7) is 9.43. The lowest BCUT2D eigenvalue weighted by atomic mass is 9.85. The highest BCUT2D eigenvalue weighted by Gasteiger charge is 2.33. The molecule has 0 aliphatic heterocycles. The number of para-hydroxylation sites is 1. The Labute approximate surface area is 115 Å². The Morgan fingerprint density at radius 1 is 1.11 bits per heavy atom. The Morgan fingerprint density at radius 2 is 1.68 bits per heavy atom. The van der Waals surface area contributed by atoms with Gasteiger partial charge in [-0.3, -0.25) is 4.79 Å². The number of esters is 1. The normalized spacial score (nSPS) is 12.1. The maximum absolute atomic E-state index is 12.2. The average Bonchev–Trinajstić information content (AvgIpc) is 2.27. The van der Waals surface area contributed by atoms with Crippen molar-refractivity contribution in [2.75, 3.05) is 7.11 Å². The summed E-state index contributed by atoms with van der Waals surface area (Å²) in [5.41, 5.74) is -0.0299. The molecular weight excluding hydrogens is 240 g/mol. The Bertz CT molecular complexity index is 442. The molecule has 0 bridgehead atoms. The first-order chi connectivity index (χ1) is 8.65. The molecule has 0 unspecified atom stereocenters. The van der Waals surface area contributed by atoms with E-state index in [9.17, 15) is 4.79 Å². The topological polar surface area (TPSA) is 35.5 Å². The molecule has 0 saturated carbocycles. The van der Waals surface area contributed by atoms with Crippen molar-refractivity contribution < 1.29 is 14.3 Å². The van der Waals surface area contributed by atoms with Crippen LogP contribution in [0.4, 0.5) is 0 Å². The van der Waals surface area contributed by atoms with Crippen molar-refractivity contribution in [2.24, 2.45) is 5.41 Å². The summed E-state index contributed by atoms with van der Waals surface area (Å²) in [5, 5.41) is 0. The molecule has 0 fully saturated rings. The van der Waals surface area contributed by atoms with Gasteiger partial charge in [-0.2, -0.15) is 0 Å². The van der Waals surface area contributed by atoms with Gasteiger partial charge in [-0.1, -0.05) is 18.2 Å². The quantitative estimate of drug-likeness (QED) is 0.779. The van der Waals surface area contributed by atoms with Crippen molar-refractivity contribution in [3.63, 3.8) is 0 Å². The minimum Gasteiger partial charge on any atom is -0.496 e. The third-order valence-electron chi connectivity index (χ3n) is 2.78. The lowest BCUT2D eigenvalue weighted by Gasteiger charge is -2.28. The van der Waals surface area contributed by atoms with E-state index in [1.807, 2.05) is 58.9 Å². The lowest BCUT2D eigenvalue weighted by molar-refractivity contribution is -0.165. The number of methoxy groups -OCH3 is 1. The average molecular weight is 264 g/mol. The zero-order chi connectivity index (χ0) is 14.7. The van der Waals surface area contributed by atoms with Crippen LogP contribution in [0.2, 0.25) is 0 Å². The van der Waals surface area contributed by atoms with Crippen LogP contribution in [0.1, 0.15) is 40.2 Å². The van der Waals surface area contributed by atoms with Gasteiger partial charge in [0.15, 0.2) is 0 Å². The second-order valence-corrected chi connectivity index (χ2v) is 6.37. The molecule has 0 aromatic heterocycles. The summed E-state index contributed by atoms with van der Waals surface area (Å²) in [6.07, 6.45) is 0.589. The smallest absolute Gasteiger partial charge is 0.312 e. The van der Waals surface area contributed by atoms with Crippen molar-refractivity contribution in [1.29, 1.82) is 0 Å². The summed E-state index contributed by atoms with van der Waals surface area (Å²) in [7, 11) is 1.64. The fourth-order valence-electron chi connectivity index (χ4n) is 1.81. The summed E-state index contributed by atoms with van der Waals surface area (Å²) >= 11 is 0. The zero-order valence-corrected chi connectivity index (χ0v) is 12.7. The molecule has 19 heavy (non-hydrogen) atoms. The predicted octanol–water partition coefficient (Wildman–Crippen LogP) is 3.61. The van der Waals surface area contributed by atoms with E-state index < -0.39 is 11.0 Å². The van der Waals surface area contributed by atoms with Gasteiger partial charge >= 0.3 is 5.97 Å². The lowest BCUT2D eigenvalue weighted by Crippen LogP contribution is -2.35. The summed E-state index contributed by atoms with van der Waals surface area (Å²) in [6, 6.07) is 7.75.